The summed E-state index contributed by atoms with van der Waals surface area (Å²) < 4.78 is 9.36. The van der Waals surface area contributed by atoms with Gasteiger partial charge in [0.15, 0.2) is 0 Å². The molecular formula is C20H16Br2O3S2. The summed E-state index contributed by atoms with van der Waals surface area (Å²) in [6.07, 6.45) is 0. The van der Waals surface area contributed by atoms with E-state index in [1.165, 1.54) is 21.4 Å². The molecule has 0 saturated heterocycles. The van der Waals surface area contributed by atoms with Crippen molar-refractivity contribution in [3.05, 3.63) is 67.2 Å². The molecule has 0 amide bonds. The molecule has 0 aliphatic carbocycles. The number of thiophene rings is 2. The molecule has 0 bridgehead atoms. The zero-order chi connectivity index (χ0) is 19.4. The van der Waals surface area contributed by atoms with Crippen LogP contribution in [0.2, 0.25) is 0 Å². The molecule has 0 aliphatic rings. The molecule has 4 aromatic rings. The maximum Gasteiger partial charge on any atom is 0.348 e. The van der Waals surface area contributed by atoms with Crippen LogP contribution in [0.4, 0.5) is 0 Å². The standard InChI is InChI=1S/C11H9BrO2S.C9H7BrOS/c1-2-14-11(13)10-5-7-3-4-8(12)6-9(7)15-10;10-7-2-1-6-3-8(5-11)12-9(6)4-7/h3-6H,2H2,1H3;1-4,11H,5H2. The van der Waals surface area contributed by atoms with Gasteiger partial charge in [-0.05, 0) is 54.1 Å². The number of rotatable bonds is 3. The monoisotopic (exact) mass is 526 g/mol. The van der Waals surface area contributed by atoms with Crippen LogP contribution in [0.5, 0.6) is 0 Å². The first-order valence-corrected chi connectivity index (χ1v) is 11.4. The van der Waals surface area contributed by atoms with Crippen LogP contribution < -0.4 is 0 Å². The molecule has 0 spiro atoms. The van der Waals surface area contributed by atoms with Crippen LogP contribution in [0.15, 0.2) is 57.5 Å². The lowest BCUT2D eigenvalue weighted by atomic mass is 10.2. The van der Waals surface area contributed by atoms with E-state index < -0.39 is 0 Å². The van der Waals surface area contributed by atoms with E-state index in [-0.39, 0.29) is 12.6 Å². The summed E-state index contributed by atoms with van der Waals surface area (Å²) in [6, 6.07) is 16.0. The molecule has 1 N–H and O–H groups in total. The van der Waals surface area contributed by atoms with Crippen molar-refractivity contribution < 1.29 is 14.6 Å². The summed E-state index contributed by atoms with van der Waals surface area (Å²) in [6.45, 7) is 2.36. The highest BCUT2D eigenvalue weighted by molar-refractivity contribution is 9.10. The van der Waals surface area contributed by atoms with Crippen molar-refractivity contribution in [2.75, 3.05) is 6.61 Å². The minimum absolute atomic E-state index is 0.136. The van der Waals surface area contributed by atoms with Crippen LogP contribution in [-0.4, -0.2) is 17.7 Å². The number of aliphatic hydroxyl groups is 1. The quantitative estimate of drug-likeness (QED) is 0.292. The van der Waals surface area contributed by atoms with E-state index in [0.29, 0.717) is 11.5 Å². The van der Waals surface area contributed by atoms with Crippen LogP contribution in [0, 0.1) is 0 Å². The number of halogens is 2. The number of fused-ring (bicyclic) bond motifs is 2. The first-order chi connectivity index (χ1) is 13.0. The Hall–Kier alpha value is -1.25. The smallest absolute Gasteiger partial charge is 0.348 e. The van der Waals surface area contributed by atoms with Crippen molar-refractivity contribution in [2.24, 2.45) is 0 Å². The molecular weight excluding hydrogens is 512 g/mol. The lowest BCUT2D eigenvalue weighted by Gasteiger charge is -1.95. The van der Waals surface area contributed by atoms with Crippen LogP contribution in [0.1, 0.15) is 21.5 Å². The Morgan fingerprint density at radius 3 is 2.15 bits per heavy atom. The fourth-order valence-electron chi connectivity index (χ4n) is 2.45. The average Bonchev–Trinajstić information content (AvgIpc) is 3.25. The van der Waals surface area contributed by atoms with Gasteiger partial charge in [-0.1, -0.05) is 44.0 Å². The molecule has 7 heteroatoms. The summed E-state index contributed by atoms with van der Waals surface area (Å²) in [5, 5.41) is 11.2. The van der Waals surface area contributed by atoms with Gasteiger partial charge >= 0.3 is 5.97 Å². The van der Waals surface area contributed by atoms with E-state index >= 15 is 0 Å². The highest BCUT2D eigenvalue weighted by atomic mass is 79.9. The number of esters is 1. The fraction of sp³-hybridized carbons (Fsp3) is 0.150. The predicted molar refractivity (Wildman–Crippen MR) is 121 cm³/mol. The molecule has 3 nitrogen and oxygen atoms in total. The van der Waals surface area contributed by atoms with Gasteiger partial charge in [0.25, 0.3) is 0 Å². The Balaban J connectivity index is 0.000000159. The van der Waals surface area contributed by atoms with E-state index in [0.717, 1.165) is 23.9 Å². The molecule has 0 fully saturated rings. The maximum absolute atomic E-state index is 11.5. The first-order valence-electron chi connectivity index (χ1n) is 8.15. The summed E-state index contributed by atoms with van der Waals surface area (Å²) in [7, 11) is 0. The Bertz CT molecular complexity index is 1090. The molecule has 0 radical (unpaired) electrons. The van der Waals surface area contributed by atoms with Gasteiger partial charge in [-0.15, -0.1) is 22.7 Å². The Labute approximate surface area is 181 Å². The van der Waals surface area contributed by atoms with E-state index in [1.807, 2.05) is 43.3 Å². The van der Waals surface area contributed by atoms with Crippen molar-refractivity contribution in [1.29, 1.82) is 0 Å². The summed E-state index contributed by atoms with van der Waals surface area (Å²) in [4.78, 5) is 13.1. The molecule has 4 rings (SSSR count). The summed E-state index contributed by atoms with van der Waals surface area (Å²) in [5.74, 6) is -0.241. The molecule has 140 valence electrons. The van der Waals surface area contributed by atoms with Crippen LogP contribution in [-0.2, 0) is 11.3 Å². The zero-order valence-corrected chi connectivity index (χ0v) is 19.2. The molecule has 2 heterocycles. The molecule has 0 unspecified atom stereocenters. The number of hydrogen-bond donors (Lipinski definition) is 1. The van der Waals surface area contributed by atoms with Gasteiger partial charge in [-0.25, -0.2) is 4.79 Å². The van der Waals surface area contributed by atoms with Crippen molar-refractivity contribution >= 4 is 80.7 Å². The fourth-order valence-corrected chi connectivity index (χ4v) is 5.43. The number of carbonyl (C=O) groups is 1. The minimum atomic E-state index is -0.241. The summed E-state index contributed by atoms with van der Waals surface area (Å²) in [5.41, 5.74) is 0. The third-order valence-corrected chi connectivity index (χ3v) is 6.79. The Morgan fingerprint density at radius 1 is 0.963 bits per heavy atom. The average molecular weight is 528 g/mol. The van der Waals surface area contributed by atoms with Gasteiger partial charge in [0.05, 0.1) is 13.2 Å². The van der Waals surface area contributed by atoms with Crippen LogP contribution >= 0.6 is 54.5 Å². The predicted octanol–water partition coefficient (Wildman–Crippen LogP) is 7.00. The number of carbonyl (C=O) groups excluding carboxylic acids is 1. The van der Waals surface area contributed by atoms with Crippen molar-refractivity contribution in [1.82, 2.24) is 0 Å². The molecule has 0 aliphatic heterocycles. The maximum atomic E-state index is 11.5. The van der Waals surface area contributed by atoms with Crippen LogP contribution in [0.3, 0.4) is 0 Å². The van der Waals surface area contributed by atoms with Crippen molar-refractivity contribution in [3.8, 4) is 0 Å². The zero-order valence-electron chi connectivity index (χ0n) is 14.4. The Kier molecular flexibility index (Phi) is 7.05. The third-order valence-electron chi connectivity index (χ3n) is 3.65. The minimum Gasteiger partial charge on any atom is -0.462 e. The van der Waals surface area contributed by atoms with Crippen molar-refractivity contribution in [3.63, 3.8) is 0 Å². The number of benzene rings is 2. The van der Waals surface area contributed by atoms with Gasteiger partial charge in [0.2, 0.25) is 0 Å². The molecule has 2 aromatic carbocycles. The number of ether oxygens (including phenoxy) is 1. The second kappa shape index (κ2) is 9.30. The van der Waals surface area contributed by atoms with Crippen molar-refractivity contribution in [2.45, 2.75) is 13.5 Å². The lowest BCUT2D eigenvalue weighted by Crippen LogP contribution is -2.01. The molecule has 2 aromatic heterocycles. The van der Waals surface area contributed by atoms with Gasteiger partial charge in [0.1, 0.15) is 4.88 Å². The molecule has 27 heavy (non-hydrogen) atoms. The van der Waals surface area contributed by atoms with Gasteiger partial charge < -0.3 is 9.84 Å². The van der Waals surface area contributed by atoms with Crippen LogP contribution in [0.25, 0.3) is 20.2 Å². The molecule has 0 saturated carbocycles. The van der Waals surface area contributed by atoms with Gasteiger partial charge in [-0.3, -0.25) is 0 Å². The second-order valence-electron chi connectivity index (χ2n) is 5.57. The topological polar surface area (TPSA) is 46.5 Å². The number of hydrogen-bond acceptors (Lipinski definition) is 5. The lowest BCUT2D eigenvalue weighted by molar-refractivity contribution is 0.0532. The van der Waals surface area contributed by atoms with E-state index in [9.17, 15) is 4.79 Å². The molecule has 0 atom stereocenters. The summed E-state index contributed by atoms with van der Waals surface area (Å²) >= 11 is 9.89. The Morgan fingerprint density at radius 2 is 1.56 bits per heavy atom. The highest BCUT2D eigenvalue weighted by Crippen LogP contribution is 2.29. The van der Waals surface area contributed by atoms with Gasteiger partial charge in [0, 0.05) is 23.2 Å². The second-order valence-corrected chi connectivity index (χ2v) is 9.65. The normalized spacial score (nSPS) is 10.7. The highest BCUT2D eigenvalue weighted by Gasteiger charge is 2.10. The van der Waals surface area contributed by atoms with E-state index in [1.54, 1.807) is 11.3 Å². The largest absolute Gasteiger partial charge is 0.462 e. The SMILES string of the molecule is CCOC(=O)c1cc2ccc(Br)cc2s1.OCc1cc2ccc(Br)cc2s1. The number of aliphatic hydroxyl groups excluding tert-OH is 1. The van der Waals surface area contributed by atoms with E-state index in [2.05, 4.69) is 44.0 Å². The van der Waals surface area contributed by atoms with E-state index in [4.69, 9.17) is 9.84 Å². The van der Waals surface area contributed by atoms with Gasteiger partial charge in [-0.2, -0.15) is 0 Å². The third kappa shape index (κ3) is 5.18. The first kappa shape index (κ1) is 20.5.